The molecule has 2 aromatic carbocycles. The first-order valence-electron chi connectivity index (χ1n) is 9.87. The van der Waals surface area contributed by atoms with Gasteiger partial charge in [-0.1, -0.05) is 19.1 Å². The fourth-order valence-electron chi connectivity index (χ4n) is 2.60. The van der Waals surface area contributed by atoms with Crippen LogP contribution in [0.5, 0.6) is 5.75 Å². The van der Waals surface area contributed by atoms with Crippen molar-refractivity contribution in [1.82, 2.24) is 10.6 Å². The molecule has 0 spiro atoms. The third-order valence-electron chi connectivity index (χ3n) is 4.11. The number of anilines is 1. The van der Waals surface area contributed by atoms with Crippen molar-refractivity contribution in [2.24, 2.45) is 0 Å². The number of halogens is 1. The molecule has 0 aliphatic carbocycles. The Labute approximate surface area is 196 Å². The lowest BCUT2D eigenvalue weighted by Gasteiger charge is -2.14. The van der Waals surface area contributed by atoms with Gasteiger partial charge in [-0.15, -0.1) is 0 Å². The van der Waals surface area contributed by atoms with E-state index in [1.54, 1.807) is 49.6 Å². The number of ether oxygens (including phenoxy) is 2. The van der Waals surface area contributed by atoms with Gasteiger partial charge in [0.05, 0.1) is 22.3 Å². The van der Waals surface area contributed by atoms with Crippen LogP contribution in [0.3, 0.4) is 0 Å². The Morgan fingerprint density at radius 2 is 1.87 bits per heavy atom. The number of hydrogen-bond donors (Lipinski definition) is 3. The van der Waals surface area contributed by atoms with Crippen molar-refractivity contribution in [3.05, 3.63) is 58.1 Å². The minimum absolute atomic E-state index is 0.0899. The van der Waals surface area contributed by atoms with Crippen LogP contribution in [0, 0.1) is 0 Å². The van der Waals surface area contributed by atoms with Gasteiger partial charge in [0.2, 0.25) is 0 Å². The van der Waals surface area contributed by atoms with E-state index in [4.69, 9.17) is 21.7 Å². The maximum atomic E-state index is 12.6. The summed E-state index contributed by atoms with van der Waals surface area (Å²) in [4.78, 5) is 25.0. The normalized spacial score (nSPS) is 10.3. The number of thiocarbonyl (C=S) groups is 1. The van der Waals surface area contributed by atoms with Crippen molar-refractivity contribution in [2.75, 3.05) is 32.2 Å². The minimum atomic E-state index is -0.373. The van der Waals surface area contributed by atoms with E-state index in [1.807, 2.05) is 6.92 Å². The average molecular weight is 508 g/mol. The summed E-state index contributed by atoms with van der Waals surface area (Å²) >= 11 is 8.68. The number of carbonyl (C=O) groups is 2. The Bertz CT molecular complexity index is 923. The Kier molecular flexibility index (Phi) is 10.4. The van der Waals surface area contributed by atoms with Crippen LogP contribution in [-0.4, -0.2) is 43.8 Å². The van der Waals surface area contributed by atoms with E-state index in [0.717, 1.165) is 6.42 Å². The predicted octanol–water partition coefficient (Wildman–Crippen LogP) is 4.13. The van der Waals surface area contributed by atoms with Crippen molar-refractivity contribution < 1.29 is 19.1 Å². The third kappa shape index (κ3) is 7.93. The summed E-state index contributed by atoms with van der Waals surface area (Å²) in [5, 5.41) is 8.48. The second-order valence-electron chi connectivity index (χ2n) is 6.55. The van der Waals surface area contributed by atoms with Crippen LogP contribution in [0.2, 0.25) is 0 Å². The molecule has 3 N–H and O–H groups in total. The number of benzene rings is 2. The molecule has 0 fully saturated rings. The molecular formula is C22H26BrN3O4S. The van der Waals surface area contributed by atoms with Crippen LogP contribution < -0.4 is 20.7 Å². The van der Waals surface area contributed by atoms with Gasteiger partial charge in [-0.05, 0) is 71.3 Å². The number of nitrogens with one attached hydrogen (secondary N) is 3. The van der Waals surface area contributed by atoms with Gasteiger partial charge in [0, 0.05) is 25.8 Å². The highest BCUT2D eigenvalue weighted by Crippen LogP contribution is 2.26. The average Bonchev–Trinajstić information content (AvgIpc) is 2.76. The molecule has 2 amide bonds. The number of amides is 2. The smallest absolute Gasteiger partial charge is 0.257 e. The van der Waals surface area contributed by atoms with Crippen LogP contribution in [-0.2, 0) is 4.74 Å². The fraction of sp³-hybridized carbons (Fsp3) is 0.318. The number of para-hydroxylation sites is 1. The maximum Gasteiger partial charge on any atom is 0.257 e. The molecule has 31 heavy (non-hydrogen) atoms. The lowest BCUT2D eigenvalue weighted by molar-refractivity contribution is 0.0947. The molecule has 9 heteroatoms. The fourth-order valence-corrected chi connectivity index (χ4v) is 3.30. The molecule has 2 rings (SSSR count). The first-order valence-corrected chi connectivity index (χ1v) is 11.1. The molecule has 0 saturated heterocycles. The summed E-state index contributed by atoms with van der Waals surface area (Å²) in [7, 11) is 1.61. The van der Waals surface area contributed by atoms with Crippen LogP contribution >= 0.6 is 28.1 Å². The van der Waals surface area contributed by atoms with Gasteiger partial charge in [0.25, 0.3) is 11.8 Å². The van der Waals surface area contributed by atoms with Gasteiger partial charge < -0.3 is 20.1 Å². The first kappa shape index (κ1) is 24.8. The zero-order valence-electron chi connectivity index (χ0n) is 17.5. The molecule has 166 valence electrons. The second kappa shape index (κ2) is 13.0. The summed E-state index contributed by atoms with van der Waals surface area (Å²) in [6, 6.07) is 12.0. The Balaban J connectivity index is 1.99. The zero-order chi connectivity index (χ0) is 22.6. The molecule has 0 bridgehead atoms. The highest BCUT2D eigenvalue weighted by molar-refractivity contribution is 9.10. The largest absolute Gasteiger partial charge is 0.492 e. The van der Waals surface area contributed by atoms with Crippen molar-refractivity contribution in [3.63, 3.8) is 0 Å². The molecule has 7 nitrogen and oxygen atoms in total. The molecule has 2 aromatic rings. The summed E-state index contributed by atoms with van der Waals surface area (Å²) in [5.74, 6) is 0.0613. The third-order valence-corrected chi connectivity index (χ3v) is 4.94. The standard InChI is InChI=1S/C22H26BrN3O4S/c1-3-12-30-19-10-9-15(14-17(19)23)20(27)26-22(31)25-18-8-5-4-7-16(18)21(28)24-11-6-13-29-2/h4-5,7-10,14H,3,6,11-13H2,1-2H3,(H,24,28)(H2,25,26,27,31). The SMILES string of the molecule is CCCOc1ccc(C(=O)NC(=S)Nc2ccccc2C(=O)NCCCOC)cc1Br. The lowest BCUT2D eigenvalue weighted by atomic mass is 10.1. The molecule has 0 aliphatic rings. The molecule has 0 aliphatic heterocycles. The van der Waals surface area contributed by atoms with Crippen molar-refractivity contribution in [2.45, 2.75) is 19.8 Å². The molecule has 0 unspecified atom stereocenters. The highest BCUT2D eigenvalue weighted by atomic mass is 79.9. The Morgan fingerprint density at radius 3 is 2.58 bits per heavy atom. The predicted molar refractivity (Wildman–Crippen MR) is 129 cm³/mol. The lowest BCUT2D eigenvalue weighted by Crippen LogP contribution is -2.35. The number of hydrogen-bond acceptors (Lipinski definition) is 5. The highest BCUT2D eigenvalue weighted by Gasteiger charge is 2.14. The number of carbonyl (C=O) groups excluding carboxylic acids is 2. The minimum Gasteiger partial charge on any atom is -0.492 e. The number of methoxy groups -OCH3 is 1. The molecule has 0 atom stereocenters. The van der Waals surface area contributed by atoms with Crippen molar-refractivity contribution >= 4 is 50.8 Å². The molecular weight excluding hydrogens is 482 g/mol. The molecule has 0 radical (unpaired) electrons. The van der Waals surface area contributed by atoms with Crippen molar-refractivity contribution in [3.8, 4) is 5.75 Å². The van der Waals surface area contributed by atoms with E-state index >= 15 is 0 Å². The zero-order valence-corrected chi connectivity index (χ0v) is 19.9. The summed E-state index contributed by atoms with van der Waals surface area (Å²) in [5.41, 5.74) is 1.35. The van der Waals surface area contributed by atoms with Crippen LogP contribution in [0.15, 0.2) is 46.9 Å². The van der Waals surface area contributed by atoms with E-state index in [-0.39, 0.29) is 16.9 Å². The van der Waals surface area contributed by atoms with Gasteiger partial charge in [0.1, 0.15) is 5.75 Å². The second-order valence-corrected chi connectivity index (χ2v) is 7.81. The maximum absolute atomic E-state index is 12.6. The molecule has 0 saturated carbocycles. The van der Waals surface area contributed by atoms with Gasteiger partial charge >= 0.3 is 0 Å². The quantitative estimate of drug-likeness (QED) is 0.331. The summed E-state index contributed by atoms with van der Waals surface area (Å²) in [6.07, 6.45) is 1.60. The van der Waals surface area contributed by atoms with Gasteiger partial charge in [0.15, 0.2) is 5.11 Å². The van der Waals surface area contributed by atoms with Gasteiger partial charge in [-0.3, -0.25) is 14.9 Å². The van der Waals surface area contributed by atoms with Crippen LogP contribution in [0.1, 0.15) is 40.5 Å². The van der Waals surface area contributed by atoms with Gasteiger partial charge in [-0.25, -0.2) is 0 Å². The summed E-state index contributed by atoms with van der Waals surface area (Å²) in [6.45, 7) is 3.68. The van der Waals surface area contributed by atoms with E-state index in [1.165, 1.54) is 0 Å². The van der Waals surface area contributed by atoms with Gasteiger partial charge in [-0.2, -0.15) is 0 Å². The van der Waals surface area contributed by atoms with Crippen LogP contribution in [0.4, 0.5) is 5.69 Å². The molecule has 0 aromatic heterocycles. The molecule has 0 heterocycles. The number of rotatable bonds is 10. The van der Waals surface area contributed by atoms with E-state index < -0.39 is 0 Å². The topological polar surface area (TPSA) is 88.7 Å². The summed E-state index contributed by atoms with van der Waals surface area (Å²) < 4.78 is 11.3. The van der Waals surface area contributed by atoms with E-state index in [9.17, 15) is 9.59 Å². The van der Waals surface area contributed by atoms with Crippen LogP contribution in [0.25, 0.3) is 0 Å². The van der Waals surface area contributed by atoms with E-state index in [2.05, 4.69) is 31.9 Å². The van der Waals surface area contributed by atoms with Crippen molar-refractivity contribution in [1.29, 1.82) is 0 Å². The Morgan fingerprint density at radius 1 is 1.10 bits per heavy atom. The Hall–Kier alpha value is -2.49. The first-order chi connectivity index (χ1) is 15.0. The van der Waals surface area contributed by atoms with E-state index in [0.29, 0.717) is 53.2 Å². The monoisotopic (exact) mass is 507 g/mol.